The molecule has 1 aliphatic rings. The summed E-state index contributed by atoms with van der Waals surface area (Å²) in [6.45, 7) is 4.88. The number of hydrogen-bond acceptors (Lipinski definition) is 4. The highest BCUT2D eigenvalue weighted by atomic mass is 35.5. The van der Waals surface area contributed by atoms with E-state index >= 15 is 0 Å². The number of para-hydroxylation sites is 2. The van der Waals surface area contributed by atoms with E-state index in [-0.39, 0.29) is 12.6 Å². The second kappa shape index (κ2) is 10.4. The molecule has 3 N–H and O–H groups in total. The third kappa shape index (κ3) is 5.78. The lowest BCUT2D eigenvalue weighted by Crippen LogP contribution is -2.44. The Morgan fingerprint density at radius 3 is 2.76 bits per heavy atom. The number of guanidine groups is 1. The van der Waals surface area contributed by atoms with Gasteiger partial charge in [0.05, 0.1) is 25.4 Å². The van der Waals surface area contributed by atoms with Crippen molar-refractivity contribution >= 4 is 23.2 Å². The second-order valence-electron chi connectivity index (χ2n) is 7.03. The van der Waals surface area contributed by atoms with E-state index in [9.17, 15) is 5.11 Å². The average molecular weight is 417 g/mol. The zero-order valence-electron chi connectivity index (χ0n) is 16.9. The van der Waals surface area contributed by atoms with Crippen LogP contribution in [0.4, 0.5) is 5.69 Å². The van der Waals surface area contributed by atoms with Gasteiger partial charge in [0, 0.05) is 30.7 Å². The van der Waals surface area contributed by atoms with Crippen LogP contribution in [-0.2, 0) is 0 Å². The molecule has 1 aliphatic heterocycles. The van der Waals surface area contributed by atoms with Crippen molar-refractivity contribution in [3.05, 3.63) is 59.1 Å². The number of anilines is 1. The Morgan fingerprint density at radius 1 is 1.28 bits per heavy atom. The minimum absolute atomic E-state index is 0.269. The molecular formula is C22H29ClN4O2. The zero-order valence-corrected chi connectivity index (χ0v) is 17.7. The van der Waals surface area contributed by atoms with Crippen LogP contribution in [0.5, 0.6) is 5.75 Å². The van der Waals surface area contributed by atoms with Gasteiger partial charge in [-0.15, -0.1) is 0 Å². The number of halogens is 1. The fourth-order valence-corrected chi connectivity index (χ4v) is 3.60. The van der Waals surface area contributed by atoms with Crippen LogP contribution in [0.25, 0.3) is 0 Å². The van der Waals surface area contributed by atoms with Gasteiger partial charge < -0.3 is 25.4 Å². The van der Waals surface area contributed by atoms with Crippen molar-refractivity contribution in [3.8, 4) is 5.75 Å². The molecule has 0 aliphatic carbocycles. The van der Waals surface area contributed by atoms with E-state index in [4.69, 9.17) is 16.3 Å². The molecule has 0 spiro atoms. The van der Waals surface area contributed by atoms with Crippen LogP contribution in [-0.4, -0.2) is 50.4 Å². The first-order chi connectivity index (χ1) is 14.1. The van der Waals surface area contributed by atoms with Crippen molar-refractivity contribution in [1.82, 2.24) is 10.6 Å². The Hall–Kier alpha value is -2.44. The molecule has 2 atom stereocenters. The summed E-state index contributed by atoms with van der Waals surface area (Å²) in [6.07, 6.45) is 0.332. The van der Waals surface area contributed by atoms with Crippen LogP contribution >= 0.6 is 11.6 Å². The van der Waals surface area contributed by atoms with Gasteiger partial charge in [0.2, 0.25) is 0 Å². The van der Waals surface area contributed by atoms with Crippen molar-refractivity contribution in [2.75, 3.05) is 38.2 Å². The van der Waals surface area contributed by atoms with Crippen molar-refractivity contribution < 1.29 is 9.84 Å². The highest BCUT2D eigenvalue weighted by Gasteiger charge is 2.25. The number of nitrogens with one attached hydrogen (secondary N) is 2. The molecule has 0 amide bonds. The molecule has 0 saturated carbocycles. The Kier molecular flexibility index (Phi) is 7.61. The van der Waals surface area contributed by atoms with E-state index < -0.39 is 6.10 Å². The number of nitrogens with zero attached hydrogens (tertiary/aromatic N) is 2. The molecule has 2 aromatic rings. The lowest BCUT2D eigenvalue weighted by Gasteiger charge is -2.22. The van der Waals surface area contributed by atoms with Crippen LogP contribution in [0, 0.1) is 0 Å². The van der Waals surface area contributed by atoms with Crippen LogP contribution in [0.1, 0.15) is 25.0 Å². The summed E-state index contributed by atoms with van der Waals surface area (Å²) < 4.78 is 5.49. The lowest BCUT2D eigenvalue weighted by atomic mass is 10.1. The Morgan fingerprint density at radius 2 is 2.03 bits per heavy atom. The molecule has 6 nitrogen and oxygen atoms in total. The summed E-state index contributed by atoms with van der Waals surface area (Å²) in [5.74, 6) is 1.60. The summed E-state index contributed by atoms with van der Waals surface area (Å²) in [4.78, 5) is 6.90. The molecule has 1 saturated heterocycles. The molecule has 0 aromatic heterocycles. The van der Waals surface area contributed by atoms with Crippen molar-refractivity contribution in [1.29, 1.82) is 0 Å². The van der Waals surface area contributed by atoms with Gasteiger partial charge in [-0.05, 0) is 43.2 Å². The van der Waals surface area contributed by atoms with Gasteiger partial charge >= 0.3 is 0 Å². The van der Waals surface area contributed by atoms with Crippen molar-refractivity contribution in [2.45, 2.75) is 25.5 Å². The van der Waals surface area contributed by atoms with Crippen molar-refractivity contribution in [3.63, 3.8) is 0 Å². The van der Waals surface area contributed by atoms with Gasteiger partial charge in [0.15, 0.2) is 5.96 Å². The summed E-state index contributed by atoms with van der Waals surface area (Å²) in [5, 5.41) is 17.8. The number of aliphatic hydroxyl groups is 1. The first-order valence-corrected chi connectivity index (χ1v) is 10.3. The van der Waals surface area contributed by atoms with Gasteiger partial charge in [0.1, 0.15) is 5.75 Å². The number of aliphatic imine (C=N–C) groups is 1. The van der Waals surface area contributed by atoms with Crippen LogP contribution in [0.2, 0.25) is 5.02 Å². The molecule has 1 heterocycles. The Balaban J connectivity index is 1.60. The Bertz CT molecular complexity index is 813. The molecule has 29 heavy (non-hydrogen) atoms. The number of rotatable bonds is 7. The highest BCUT2D eigenvalue weighted by molar-refractivity contribution is 6.30. The van der Waals surface area contributed by atoms with Gasteiger partial charge in [-0.1, -0.05) is 35.9 Å². The predicted octanol–water partition coefficient (Wildman–Crippen LogP) is 3.22. The quantitative estimate of drug-likeness (QED) is 0.477. The largest absolute Gasteiger partial charge is 0.495 e. The van der Waals surface area contributed by atoms with Crippen molar-refractivity contribution in [2.24, 2.45) is 4.99 Å². The third-order valence-corrected chi connectivity index (χ3v) is 5.23. The number of ether oxygens (including phenoxy) is 1. The maximum atomic E-state index is 10.4. The van der Waals surface area contributed by atoms with E-state index in [2.05, 4.69) is 26.6 Å². The highest BCUT2D eigenvalue weighted by Crippen LogP contribution is 2.30. The minimum Gasteiger partial charge on any atom is -0.495 e. The van der Waals surface area contributed by atoms with E-state index in [1.165, 1.54) is 0 Å². The lowest BCUT2D eigenvalue weighted by molar-refractivity contribution is 0.187. The normalized spacial score (nSPS) is 17.9. The van der Waals surface area contributed by atoms with Gasteiger partial charge in [-0.3, -0.25) is 4.99 Å². The van der Waals surface area contributed by atoms with Crippen LogP contribution in [0.15, 0.2) is 53.5 Å². The summed E-state index contributed by atoms with van der Waals surface area (Å²) >= 11 is 5.91. The van der Waals surface area contributed by atoms with Crippen LogP contribution < -0.4 is 20.3 Å². The molecule has 7 heteroatoms. The number of aliphatic hydroxyl groups excluding tert-OH is 1. The maximum absolute atomic E-state index is 10.4. The summed E-state index contributed by atoms with van der Waals surface area (Å²) in [7, 11) is 1.70. The number of methoxy groups -OCH3 is 1. The maximum Gasteiger partial charge on any atom is 0.191 e. The molecular weight excluding hydrogens is 388 g/mol. The fraction of sp³-hybridized carbons (Fsp3) is 0.409. The van der Waals surface area contributed by atoms with E-state index in [1.807, 2.05) is 37.3 Å². The minimum atomic E-state index is -0.670. The first-order valence-electron chi connectivity index (χ1n) is 9.97. The monoisotopic (exact) mass is 416 g/mol. The average Bonchev–Trinajstić information content (AvgIpc) is 3.20. The zero-order chi connectivity index (χ0) is 20.6. The topological polar surface area (TPSA) is 69.1 Å². The smallest absolute Gasteiger partial charge is 0.191 e. The van der Waals surface area contributed by atoms with Crippen LogP contribution in [0.3, 0.4) is 0 Å². The van der Waals surface area contributed by atoms with Gasteiger partial charge in [0.25, 0.3) is 0 Å². The summed E-state index contributed by atoms with van der Waals surface area (Å²) in [5.41, 5.74) is 1.91. The standard InChI is InChI=1S/C22H29ClN4O2/c1-3-24-22(25-14-20(28)16-8-10-17(23)11-9-16)26-18-12-13-27(15-18)19-6-4-5-7-21(19)29-2/h4-11,18,20,28H,3,12-15H2,1-2H3,(H2,24,25,26). The molecule has 0 radical (unpaired) electrons. The molecule has 1 fully saturated rings. The fourth-order valence-electron chi connectivity index (χ4n) is 3.47. The van der Waals surface area contributed by atoms with Gasteiger partial charge in [-0.2, -0.15) is 0 Å². The second-order valence-corrected chi connectivity index (χ2v) is 7.47. The number of benzene rings is 2. The van der Waals surface area contributed by atoms with E-state index in [1.54, 1.807) is 19.2 Å². The van der Waals surface area contributed by atoms with E-state index in [0.717, 1.165) is 43.1 Å². The molecule has 156 valence electrons. The predicted molar refractivity (Wildman–Crippen MR) is 119 cm³/mol. The molecule has 0 bridgehead atoms. The SMILES string of the molecule is CCNC(=NCC(O)c1ccc(Cl)cc1)NC1CCN(c2ccccc2OC)C1. The third-order valence-electron chi connectivity index (χ3n) is 4.98. The first kappa shape index (κ1) is 21.3. The van der Waals surface area contributed by atoms with Gasteiger partial charge in [-0.25, -0.2) is 0 Å². The number of hydrogen-bond donors (Lipinski definition) is 3. The summed E-state index contributed by atoms with van der Waals surface area (Å²) in [6, 6.07) is 15.6. The van der Waals surface area contributed by atoms with E-state index in [0.29, 0.717) is 11.0 Å². The molecule has 2 unspecified atom stereocenters. The Labute approximate surface area is 177 Å². The molecule has 3 rings (SSSR count). The molecule has 2 aromatic carbocycles.